The van der Waals surface area contributed by atoms with Gasteiger partial charge < -0.3 is 24.9 Å². The predicted molar refractivity (Wildman–Crippen MR) is 242 cm³/mol. The number of ether oxygens (including phenoxy) is 1. The number of dihydropyridines is 1. The Morgan fingerprint density at radius 3 is 1.95 bits per heavy atom. The quantitative estimate of drug-likeness (QED) is 0.113. The van der Waals surface area contributed by atoms with Gasteiger partial charge in [-0.2, -0.15) is 12.6 Å². The summed E-state index contributed by atoms with van der Waals surface area (Å²) < 4.78 is 6.19. The summed E-state index contributed by atoms with van der Waals surface area (Å²) in [4.78, 5) is 22.1. The third-order valence-electron chi connectivity index (χ3n) is 8.62. The molecule has 9 heteroatoms. The van der Waals surface area contributed by atoms with Crippen LogP contribution in [-0.4, -0.2) is 66.9 Å². The summed E-state index contributed by atoms with van der Waals surface area (Å²) in [5.74, 6) is 1.27. The van der Waals surface area contributed by atoms with E-state index in [1.807, 2.05) is 59.7 Å². The van der Waals surface area contributed by atoms with E-state index in [1.165, 1.54) is 35.0 Å². The van der Waals surface area contributed by atoms with Crippen molar-refractivity contribution in [3.05, 3.63) is 125 Å². The maximum atomic E-state index is 8.81. The molecule has 5 rings (SSSR count). The summed E-state index contributed by atoms with van der Waals surface area (Å²) >= 11 is 5.06. The minimum Gasteiger partial charge on any atom is -0.483 e. The fourth-order valence-electron chi connectivity index (χ4n) is 6.09. The van der Waals surface area contributed by atoms with Crippen LogP contribution in [0, 0.1) is 6.92 Å². The number of carboxylic acid groups (broad SMARTS) is 1. The van der Waals surface area contributed by atoms with Crippen molar-refractivity contribution in [2.45, 2.75) is 126 Å². The first-order chi connectivity index (χ1) is 26.0. The molecular weight excluding hydrogens is 701 g/mol. The molecule has 2 N–H and O–H groups in total. The number of rotatable bonds is 9. The first-order valence-electron chi connectivity index (χ1n) is 19.5. The molecule has 0 aliphatic carbocycles. The smallest absolute Gasteiger partial charge is 0.290 e. The van der Waals surface area contributed by atoms with Gasteiger partial charge in [0.05, 0.1) is 0 Å². The number of carbonyl (C=O) groups excluding carboxylic acids is 1. The zero-order valence-electron chi connectivity index (χ0n) is 35.2. The SMILES string of the molecule is C.CC.CC.CC.CC=O.Cc1cc(C2CCN(C(C)(C)C)CC2S)ccc1N(C)C1=CC=C(OCc2ccccc2)NC1[B]Cc1ccccc1.O=CO. The molecule has 2 heterocycles. The molecular formula is C46H73BN3O4S. The molecule has 3 atom stereocenters. The number of allylic oxidation sites excluding steroid dienone is 2. The number of likely N-dealkylation sites (N-methyl/N-ethyl adjacent to an activating group) is 1. The van der Waals surface area contributed by atoms with E-state index in [0.29, 0.717) is 17.8 Å². The molecule has 305 valence electrons. The highest BCUT2D eigenvalue weighted by molar-refractivity contribution is 7.81. The minimum absolute atomic E-state index is 0. The molecule has 2 aliphatic rings. The maximum Gasteiger partial charge on any atom is 0.290 e. The van der Waals surface area contributed by atoms with Crippen molar-refractivity contribution in [3.8, 4) is 0 Å². The Kier molecular flexibility index (Phi) is 29.3. The Labute approximate surface area is 342 Å². The van der Waals surface area contributed by atoms with Gasteiger partial charge in [0, 0.05) is 41.7 Å². The van der Waals surface area contributed by atoms with Crippen LogP contribution in [0.2, 0.25) is 0 Å². The zero-order valence-corrected chi connectivity index (χ0v) is 36.1. The number of aryl methyl sites for hydroxylation is 1. The monoisotopic (exact) mass is 775 g/mol. The van der Waals surface area contributed by atoms with Gasteiger partial charge in [0.1, 0.15) is 12.9 Å². The lowest BCUT2D eigenvalue weighted by molar-refractivity contribution is -0.122. The van der Waals surface area contributed by atoms with Gasteiger partial charge in [-0.3, -0.25) is 9.69 Å². The molecule has 0 saturated carbocycles. The third kappa shape index (κ3) is 18.5. The van der Waals surface area contributed by atoms with Crippen LogP contribution in [0.3, 0.4) is 0 Å². The van der Waals surface area contributed by atoms with Gasteiger partial charge in [0.2, 0.25) is 0 Å². The summed E-state index contributed by atoms with van der Waals surface area (Å²) in [6.07, 6.45) is 7.01. The number of carbonyl (C=O) groups is 2. The highest BCUT2D eigenvalue weighted by Crippen LogP contribution is 2.36. The van der Waals surface area contributed by atoms with Gasteiger partial charge in [-0.25, -0.2) is 0 Å². The second-order valence-corrected chi connectivity index (χ2v) is 13.6. The van der Waals surface area contributed by atoms with Crippen LogP contribution in [0.15, 0.2) is 103 Å². The van der Waals surface area contributed by atoms with E-state index < -0.39 is 0 Å². The van der Waals surface area contributed by atoms with Crippen LogP contribution in [0.4, 0.5) is 5.69 Å². The number of anilines is 1. The van der Waals surface area contributed by atoms with Gasteiger partial charge in [0.15, 0.2) is 13.2 Å². The fraction of sp³-hybridized carbons (Fsp3) is 0.478. The molecule has 2 aliphatic heterocycles. The Morgan fingerprint density at radius 2 is 1.45 bits per heavy atom. The summed E-state index contributed by atoms with van der Waals surface area (Å²) in [5, 5.41) is 10.9. The van der Waals surface area contributed by atoms with Crippen molar-refractivity contribution in [1.29, 1.82) is 0 Å². The average Bonchev–Trinajstić information content (AvgIpc) is 3.19. The molecule has 3 unspecified atom stereocenters. The highest BCUT2D eigenvalue weighted by atomic mass is 32.1. The maximum absolute atomic E-state index is 8.81. The largest absolute Gasteiger partial charge is 0.483 e. The lowest BCUT2D eigenvalue weighted by Crippen LogP contribution is -2.49. The Hall–Kier alpha value is -3.95. The average molecular weight is 775 g/mol. The van der Waals surface area contributed by atoms with Gasteiger partial charge in [0.25, 0.3) is 6.47 Å². The van der Waals surface area contributed by atoms with Gasteiger partial charge >= 0.3 is 0 Å². The topological polar surface area (TPSA) is 82.1 Å². The van der Waals surface area contributed by atoms with Crippen LogP contribution in [0.25, 0.3) is 0 Å². The van der Waals surface area contributed by atoms with Crippen LogP contribution >= 0.6 is 12.6 Å². The number of hydrogen-bond acceptors (Lipinski definition) is 7. The lowest BCUT2D eigenvalue weighted by Gasteiger charge is -2.44. The fourth-order valence-corrected chi connectivity index (χ4v) is 6.61. The van der Waals surface area contributed by atoms with E-state index in [4.69, 9.17) is 32.1 Å². The minimum atomic E-state index is -0.250. The number of nitrogens with one attached hydrogen (secondary N) is 1. The molecule has 0 bridgehead atoms. The first kappa shape index (κ1) is 53.2. The number of benzene rings is 3. The molecule has 3 aromatic rings. The van der Waals surface area contributed by atoms with E-state index >= 15 is 0 Å². The molecule has 0 aromatic heterocycles. The number of piperidine rings is 1. The highest BCUT2D eigenvalue weighted by Gasteiger charge is 2.33. The van der Waals surface area contributed by atoms with Gasteiger partial charge in [-0.15, -0.1) is 0 Å². The standard InChI is InChI=1S/C36H45BN3OS.C2H4O.3C2H6.CH2O2.CH4/c1-26-22-29(30-20-21-40(24-33(30)42)36(2,3)4)16-17-31(26)39(5)32-18-19-34(41-25-28-14-10-7-11-15-28)38-35(32)37-23-27-12-8-6-9-13-27;1-2-3;3*1-2;2-1-3;/h6-19,22,30,33,35,38,42H,20-21,23-25H2,1-5H3;2H,1H3;3*1-2H3;1H,(H,2,3);1H4. The summed E-state index contributed by atoms with van der Waals surface area (Å²) in [5.41, 5.74) is 7.73. The van der Waals surface area contributed by atoms with Crippen molar-refractivity contribution in [2.24, 2.45) is 0 Å². The van der Waals surface area contributed by atoms with Crippen LogP contribution in [0.1, 0.15) is 111 Å². The zero-order chi connectivity index (χ0) is 41.1. The van der Waals surface area contributed by atoms with E-state index in [1.54, 1.807) is 0 Å². The Morgan fingerprint density at radius 1 is 0.927 bits per heavy atom. The van der Waals surface area contributed by atoms with Crippen LogP contribution in [0.5, 0.6) is 0 Å². The first-order valence-corrected chi connectivity index (χ1v) is 20.0. The van der Waals surface area contributed by atoms with Gasteiger partial charge in [-0.05, 0) is 88.4 Å². The van der Waals surface area contributed by atoms with E-state index in [-0.39, 0.29) is 25.4 Å². The summed E-state index contributed by atoms with van der Waals surface area (Å²) in [7, 11) is 4.51. The summed E-state index contributed by atoms with van der Waals surface area (Å²) in [6, 6.07) is 27.9. The van der Waals surface area contributed by atoms with Gasteiger partial charge in [-0.1, -0.05) is 134 Å². The van der Waals surface area contributed by atoms with E-state index in [2.05, 4.69) is 130 Å². The molecule has 1 fully saturated rings. The number of aldehydes is 1. The third-order valence-corrected chi connectivity index (χ3v) is 9.14. The van der Waals surface area contributed by atoms with Crippen molar-refractivity contribution in [2.75, 3.05) is 25.0 Å². The molecule has 0 spiro atoms. The van der Waals surface area contributed by atoms with Crippen molar-refractivity contribution in [3.63, 3.8) is 0 Å². The number of thiol groups is 1. The second kappa shape index (κ2) is 30.3. The molecule has 1 radical (unpaired) electrons. The molecule has 3 aromatic carbocycles. The van der Waals surface area contributed by atoms with Crippen LogP contribution < -0.4 is 10.2 Å². The second-order valence-electron chi connectivity index (χ2n) is 13.0. The molecule has 7 nitrogen and oxygen atoms in total. The van der Waals surface area contributed by atoms with Crippen molar-refractivity contribution < 1.29 is 19.4 Å². The molecule has 0 amide bonds. The normalized spacial score (nSPS) is 16.9. The number of hydrogen-bond donors (Lipinski definition) is 3. The van der Waals surface area contributed by atoms with Crippen LogP contribution in [-0.2, 0) is 27.3 Å². The molecule has 1 saturated heterocycles. The van der Waals surface area contributed by atoms with Crippen molar-refractivity contribution in [1.82, 2.24) is 10.2 Å². The predicted octanol–water partition coefficient (Wildman–Crippen LogP) is 10.7. The number of nitrogens with zero attached hydrogens (tertiary/aromatic N) is 2. The van der Waals surface area contributed by atoms with E-state index in [0.717, 1.165) is 43.6 Å². The molecule has 55 heavy (non-hydrogen) atoms. The number of likely N-dealkylation sites (tertiary alicyclic amines) is 1. The van der Waals surface area contributed by atoms with E-state index in [9.17, 15) is 0 Å². The lowest BCUT2D eigenvalue weighted by atomic mass is 9.62. The Balaban J connectivity index is 0. The van der Waals surface area contributed by atoms with Crippen molar-refractivity contribution >= 4 is 38.4 Å². The summed E-state index contributed by atoms with van der Waals surface area (Å²) in [6.45, 7) is 25.0. The Bertz CT molecular complexity index is 1490.